The summed E-state index contributed by atoms with van der Waals surface area (Å²) < 4.78 is 17.1. The molecule has 0 aromatic heterocycles. The predicted octanol–water partition coefficient (Wildman–Crippen LogP) is 3.16. The monoisotopic (exact) mass is 396 g/mol. The van der Waals surface area contributed by atoms with Gasteiger partial charge in [0.05, 0.1) is 31.0 Å². The molecule has 0 saturated carbocycles. The van der Waals surface area contributed by atoms with Crippen molar-refractivity contribution in [3.63, 3.8) is 0 Å². The Morgan fingerprint density at radius 2 is 2.10 bits per heavy atom. The van der Waals surface area contributed by atoms with Gasteiger partial charge in [0.2, 0.25) is 11.8 Å². The van der Waals surface area contributed by atoms with E-state index >= 15 is 0 Å². The minimum atomic E-state index is -0.318. The number of benzene rings is 2. The molecule has 0 bridgehead atoms. The number of para-hydroxylation sites is 2. The predicted molar refractivity (Wildman–Crippen MR) is 109 cm³/mol. The number of nitrogens with zero attached hydrogens (tertiary/aromatic N) is 1. The third-order valence-corrected chi connectivity index (χ3v) is 4.90. The molecule has 2 aliphatic rings. The number of hydrogen-bond donors (Lipinski definition) is 1. The van der Waals surface area contributed by atoms with Crippen molar-refractivity contribution in [3.05, 3.63) is 42.0 Å². The molecule has 2 amide bonds. The molecule has 1 atom stereocenters. The van der Waals surface area contributed by atoms with Gasteiger partial charge in [-0.15, -0.1) is 0 Å². The summed E-state index contributed by atoms with van der Waals surface area (Å²) in [7, 11) is 0. The Hall–Kier alpha value is -3.22. The molecule has 7 nitrogen and oxygen atoms in total. The Balaban J connectivity index is 1.56. The average molecular weight is 396 g/mol. The van der Waals surface area contributed by atoms with Crippen LogP contribution in [-0.4, -0.2) is 37.7 Å². The average Bonchev–Trinajstić information content (AvgIpc) is 2.97. The summed E-state index contributed by atoms with van der Waals surface area (Å²) in [6.45, 7) is 4.56. The largest absolute Gasteiger partial charge is 0.492 e. The number of carbonyl (C=O) groups excluding carboxylic acids is 2. The molecule has 0 fully saturated rings. The maximum atomic E-state index is 12.8. The third-order valence-electron chi connectivity index (χ3n) is 4.90. The number of nitrogens with one attached hydrogen (secondary N) is 1. The standard InChI is InChI=1S/C22H24N2O5/c1-3-27-20-11-15-10-14(2)29-19(15)12-16(20)23-21(25)13-24-17-6-4-5-7-18(17)28-9-8-22(24)26/h4-7,11-12,14H,3,8-10,13H2,1-2H3,(H,23,25)/t14-/m0/s1. The lowest BCUT2D eigenvalue weighted by Crippen LogP contribution is -2.37. The number of ether oxygens (including phenoxy) is 3. The Morgan fingerprint density at radius 1 is 1.28 bits per heavy atom. The van der Waals surface area contributed by atoms with Crippen molar-refractivity contribution in [1.29, 1.82) is 0 Å². The minimum absolute atomic E-state index is 0.0941. The van der Waals surface area contributed by atoms with Crippen molar-refractivity contribution in [2.45, 2.75) is 32.8 Å². The van der Waals surface area contributed by atoms with Gasteiger partial charge in [0.15, 0.2) is 0 Å². The third kappa shape index (κ3) is 3.99. The van der Waals surface area contributed by atoms with Crippen molar-refractivity contribution in [2.24, 2.45) is 0 Å². The maximum absolute atomic E-state index is 12.8. The van der Waals surface area contributed by atoms with E-state index < -0.39 is 0 Å². The fourth-order valence-electron chi connectivity index (χ4n) is 3.64. The van der Waals surface area contributed by atoms with Crippen LogP contribution in [0.1, 0.15) is 25.8 Å². The van der Waals surface area contributed by atoms with Crippen LogP contribution in [0.3, 0.4) is 0 Å². The zero-order chi connectivity index (χ0) is 20.4. The van der Waals surface area contributed by atoms with Crippen molar-refractivity contribution >= 4 is 23.2 Å². The molecule has 29 heavy (non-hydrogen) atoms. The summed E-state index contributed by atoms with van der Waals surface area (Å²) in [5, 5.41) is 2.88. The Labute approximate surface area is 169 Å². The molecule has 2 aromatic carbocycles. The molecule has 2 aromatic rings. The second-order valence-electron chi connectivity index (χ2n) is 7.12. The molecule has 0 unspecified atom stereocenters. The fourth-order valence-corrected chi connectivity index (χ4v) is 3.64. The van der Waals surface area contributed by atoms with E-state index in [9.17, 15) is 9.59 Å². The molecule has 2 heterocycles. The van der Waals surface area contributed by atoms with Gasteiger partial charge in [0, 0.05) is 18.1 Å². The van der Waals surface area contributed by atoms with Crippen LogP contribution in [0.5, 0.6) is 17.2 Å². The van der Waals surface area contributed by atoms with Gasteiger partial charge in [0.1, 0.15) is 29.9 Å². The molecule has 7 heteroatoms. The van der Waals surface area contributed by atoms with E-state index in [4.69, 9.17) is 14.2 Å². The van der Waals surface area contributed by atoms with E-state index in [1.54, 1.807) is 18.2 Å². The lowest BCUT2D eigenvalue weighted by atomic mass is 10.1. The van der Waals surface area contributed by atoms with Crippen LogP contribution < -0.4 is 24.4 Å². The fraction of sp³-hybridized carbons (Fsp3) is 0.364. The molecular formula is C22H24N2O5. The van der Waals surface area contributed by atoms with Gasteiger partial charge < -0.3 is 19.5 Å². The molecule has 152 valence electrons. The zero-order valence-corrected chi connectivity index (χ0v) is 16.6. The van der Waals surface area contributed by atoms with Gasteiger partial charge in [-0.1, -0.05) is 12.1 Å². The zero-order valence-electron chi connectivity index (χ0n) is 16.6. The second-order valence-corrected chi connectivity index (χ2v) is 7.12. The van der Waals surface area contributed by atoms with E-state index in [-0.39, 0.29) is 30.9 Å². The molecule has 2 aliphatic heterocycles. The van der Waals surface area contributed by atoms with Gasteiger partial charge in [-0.2, -0.15) is 0 Å². The molecule has 0 radical (unpaired) electrons. The second kappa shape index (κ2) is 8.03. The summed E-state index contributed by atoms with van der Waals surface area (Å²) >= 11 is 0. The van der Waals surface area contributed by atoms with Crippen molar-refractivity contribution < 1.29 is 23.8 Å². The lowest BCUT2D eigenvalue weighted by Gasteiger charge is -2.22. The number of anilines is 2. The first-order valence-electron chi connectivity index (χ1n) is 9.83. The van der Waals surface area contributed by atoms with Crippen molar-refractivity contribution in [1.82, 2.24) is 0 Å². The van der Waals surface area contributed by atoms with Crippen LogP contribution in [-0.2, 0) is 16.0 Å². The summed E-state index contributed by atoms with van der Waals surface area (Å²) in [4.78, 5) is 26.8. The van der Waals surface area contributed by atoms with Gasteiger partial charge in [0.25, 0.3) is 0 Å². The first-order chi connectivity index (χ1) is 14.0. The molecule has 4 rings (SSSR count). The van der Waals surface area contributed by atoms with Crippen LogP contribution in [0.2, 0.25) is 0 Å². The molecule has 0 aliphatic carbocycles. The topological polar surface area (TPSA) is 77.1 Å². The summed E-state index contributed by atoms with van der Waals surface area (Å²) in [6.07, 6.45) is 1.12. The molecule has 1 N–H and O–H groups in total. The van der Waals surface area contributed by atoms with E-state index in [1.165, 1.54) is 4.90 Å². The van der Waals surface area contributed by atoms with Gasteiger partial charge in [-0.25, -0.2) is 0 Å². The molecule has 0 saturated heterocycles. The highest BCUT2D eigenvalue weighted by Crippen LogP contribution is 2.38. The van der Waals surface area contributed by atoms with Crippen molar-refractivity contribution in [3.8, 4) is 17.2 Å². The van der Waals surface area contributed by atoms with E-state index in [1.807, 2.05) is 32.0 Å². The summed E-state index contributed by atoms with van der Waals surface area (Å²) in [5.74, 6) is 1.48. The Morgan fingerprint density at radius 3 is 2.93 bits per heavy atom. The quantitative estimate of drug-likeness (QED) is 0.840. The van der Waals surface area contributed by atoms with Crippen LogP contribution in [0, 0.1) is 0 Å². The van der Waals surface area contributed by atoms with Crippen LogP contribution >= 0.6 is 0 Å². The van der Waals surface area contributed by atoms with E-state index in [0.717, 1.165) is 17.7 Å². The molecule has 0 spiro atoms. The highest BCUT2D eigenvalue weighted by atomic mass is 16.5. The lowest BCUT2D eigenvalue weighted by molar-refractivity contribution is -0.121. The minimum Gasteiger partial charge on any atom is -0.492 e. The maximum Gasteiger partial charge on any atom is 0.244 e. The summed E-state index contributed by atoms with van der Waals surface area (Å²) in [6, 6.07) is 10.9. The van der Waals surface area contributed by atoms with E-state index in [0.29, 0.717) is 36.1 Å². The smallest absolute Gasteiger partial charge is 0.244 e. The first-order valence-corrected chi connectivity index (χ1v) is 9.83. The highest BCUT2D eigenvalue weighted by molar-refractivity contribution is 6.04. The highest BCUT2D eigenvalue weighted by Gasteiger charge is 2.26. The summed E-state index contributed by atoms with van der Waals surface area (Å²) in [5.41, 5.74) is 2.20. The Bertz CT molecular complexity index is 943. The number of hydrogen-bond acceptors (Lipinski definition) is 5. The number of amides is 2. The van der Waals surface area contributed by atoms with E-state index in [2.05, 4.69) is 5.32 Å². The number of carbonyl (C=O) groups is 2. The first kappa shape index (κ1) is 19.1. The van der Waals surface area contributed by atoms with Gasteiger partial charge in [-0.05, 0) is 32.0 Å². The van der Waals surface area contributed by atoms with Gasteiger partial charge in [-0.3, -0.25) is 14.5 Å². The molecular weight excluding hydrogens is 372 g/mol. The SMILES string of the molecule is CCOc1cc2c(cc1NC(=O)CN1C(=O)CCOc3ccccc31)O[C@@H](C)C2. The van der Waals surface area contributed by atoms with Crippen LogP contribution in [0.15, 0.2) is 36.4 Å². The Kier molecular flexibility index (Phi) is 5.29. The number of rotatable bonds is 5. The van der Waals surface area contributed by atoms with Gasteiger partial charge >= 0.3 is 0 Å². The normalized spacial score (nSPS) is 17.5. The van der Waals surface area contributed by atoms with Crippen LogP contribution in [0.25, 0.3) is 0 Å². The number of fused-ring (bicyclic) bond motifs is 2. The van der Waals surface area contributed by atoms with Crippen LogP contribution in [0.4, 0.5) is 11.4 Å². The van der Waals surface area contributed by atoms with Crippen molar-refractivity contribution in [2.75, 3.05) is 30.0 Å².